The Hall–Kier alpha value is -1.22. The van der Waals surface area contributed by atoms with E-state index in [0.717, 1.165) is 18.0 Å². The molecular formula is C15H23NO2. The number of hydrogen-bond acceptors (Lipinski definition) is 3. The molecule has 0 atom stereocenters. The van der Waals surface area contributed by atoms with Crippen LogP contribution in [0.5, 0.6) is 11.5 Å². The van der Waals surface area contributed by atoms with Gasteiger partial charge < -0.3 is 14.8 Å². The van der Waals surface area contributed by atoms with Gasteiger partial charge in [-0.1, -0.05) is 38.8 Å². The number of para-hydroxylation sites is 1. The van der Waals surface area contributed by atoms with Crippen LogP contribution in [0.15, 0.2) is 18.2 Å². The number of benzene rings is 1. The Labute approximate surface area is 109 Å². The van der Waals surface area contributed by atoms with Crippen LogP contribution in [0.25, 0.3) is 0 Å². The summed E-state index contributed by atoms with van der Waals surface area (Å²) in [6.45, 7) is 5.68. The van der Waals surface area contributed by atoms with Gasteiger partial charge in [-0.15, -0.1) is 0 Å². The molecule has 0 saturated heterocycles. The van der Waals surface area contributed by atoms with Crippen molar-refractivity contribution in [3.63, 3.8) is 0 Å². The van der Waals surface area contributed by atoms with E-state index >= 15 is 0 Å². The first-order valence-corrected chi connectivity index (χ1v) is 6.96. The first kappa shape index (κ1) is 13.2. The third-order valence-corrected chi connectivity index (χ3v) is 3.33. The van der Waals surface area contributed by atoms with Gasteiger partial charge in [-0.25, -0.2) is 0 Å². The molecule has 0 bridgehead atoms. The van der Waals surface area contributed by atoms with E-state index in [1.54, 1.807) is 0 Å². The number of rotatable bonds is 7. The average molecular weight is 249 g/mol. The summed E-state index contributed by atoms with van der Waals surface area (Å²) in [4.78, 5) is 0. The van der Waals surface area contributed by atoms with E-state index in [0.29, 0.717) is 12.8 Å². The molecule has 0 fully saturated rings. The lowest BCUT2D eigenvalue weighted by atomic mass is 10.1. The summed E-state index contributed by atoms with van der Waals surface area (Å²) in [5.74, 6) is 1.79. The van der Waals surface area contributed by atoms with Gasteiger partial charge in [-0.2, -0.15) is 0 Å². The van der Waals surface area contributed by atoms with Crippen molar-refractivity contribution in [3.8, 4) is 11.5 Å². The van der Waals surface area contributed by atoms with Gasteiger partial charge in [0.25, 0.3) is 0 Å². The highest BCUT2D eigenvalue weighted by Gasteiger charge is 2.17. The van der Waals surface area contributed by atoms with Gasteiger partial charge in [0, 0.05) is 18.2 Å². The summed E-state index contributed by atoms with van der Waals surface area (Å²) in [6.07, 6.45) is 4.93. The van der Waals surface area contributed by atoms with Gasteiger partial charge in [-0.3, -0.25) is 0 Å². The largest absolute Gasteiger partial charge is 0.454 e. The highest BCUT2D eigenvalue weighted by Crippen LogP contribution is 2.35. The molecule has 3 heteroatoms. The van der Waals surface area contributed by atoms with Gasteiger partial charge in [0.15, 0.2) is 11.5 Å². The average Bonchev–Trinajstić information content (AvgIpc) is 2.85. The zero-order valence-corrected chi connectivity index (χ0v) is 11.4. The number of ether oxygens (including phenoxy) is 2. The van der Waals surface area contributed by atoms with Crippen LogP contribution >= 0.6 is 0 Å². The Balaban J connectivity index is 1.95. The zero-order valence-electron chi connectivity index (χ0n) is 11.4. The Bertz CT molecular complexity index is 373. The van der Waals surface area contributed by atoms with E-state index < -0.39 is 0 Å². The normalized spacial score (nSPS) is 13.3. The van der Waals surface area contributed by atoms with Crippen LogP contribution in [-0.2, 0) is 6.54 Å². The second-order valence-electron chi connectivity index (χ2n) is 4.81. The molecule has 0 amide bonds. The van der Waals surface area contributed by atoms with Crippen molar-refractivity contribution in [3.05, 3.63) is 23.8 Å². The minimum absolute atomic E-state index is 0.347. The van der Waals surface area contributed by atoms with Gasteiger partial charge in [-0.05, 0) is 18.9 Å². The van der Waals surface area contributed by atoms with Crippen LogP contribution < -0.4 is 14.8 Å². The van der Waals surface area contributed by atoms with Crippen LogP contribution in [0.3, 0.4) is 0 Å². The first-order valence-electron chi connectivity index (χ1n) is 6.96. The molecule has 0 radical (unpaired) electrons. The van der Waals surface area contributed by atoms with E-state index in [2.05, 4.69) is 25.2 Å². The Morgan fingerprint density at radius 1 is 1.17 bits per heavy atom. The van der Waals surface area contributed by atoms with Crippen LogP contribution in [0, 0.1) is 0 Å². The van der Waals surface area contributed by atoms with E-state index in [4.69, 9.17) is 9.47 Å². The number of nitrogens with one attached hydrogen (secondary N) is 1. The first-order chi connectivity index (χ1) is 8.85. The fourth-order valence-electron chi connectivity index (χ4n) is 2.43. The molecule has 0 unspecified atom stereocenters. The molecule has 0 spiro atoms. The summed E-state index contributed by atoms with van der Waals surface area (Å²) in [5, 5.41) is 3.63. The van der Waals surface area contributed by atoms with Crippen molar-refractivity contribution in [2.45, 2.75) is 52.1 Å². The Kier molecular flexibility index (Phi) is 4.88. The molecule has 0 saturated carbocycles. The second kappa shape index (κ2) is 6.64. The van der Waals surface area contributed by atoms with Crippen LogP contribution in [0.2, 0.25) is 0 Å². The summed E-state index contributed by atoms with van der Waals surface area (Å²) in [7, 11) is 0. The van der Waals surface area contributed by atoms with Crippen molar-refractivity contribution in [1.29, 1.82) is 0 Å². The Morgan fingerprint density at radius 2 is 1.94 bits per heavy atom. The fourth-order valence-corrected chi connectivity index (χ4v) is 2.43. The molecule has 0 aromatic heterocycles. The molecule has 100 valence electrons. The minimum Gasteiger partial charge on any atom is -0.454 e. The lowest BCUT2D eigenvalue weighted by Gasteiger charge is -2.17. The monoisotopic (exact) mass is 249 g/mol. The number of fused-ring (bicyclic) bond motifs is 1. The number of hydrogen-bond donors (Lipinski definition) is 1. The maximum absolute atomic E-state index is 5.52. The Morgan fingerprint density at radius 3 is 2.67 bits per heavy atom. The fraction of sp³-hybridized carbons (Fsp3) is 0.600. The van der Waals surface area contributed by atoms with Crippen LogP contribution in [0.1, 0.15) is 45.1 Å². The maximum atomic E-state index is 5.52. The second-order valence-corrected chi connectivity index (χ2v) is 4.81. The molecule has 2 rings (SSSR count). The maximum Gasteiger partial charge on any atom is 0.231 e. The van der Waals surface area contributed by atoms with E-state index in [9.17, 15) is 0 Å². The molecule has 1 aromatic rings. The zero-order chi connectivity index (χ0) is 12.8. The van der Waals surface area contributed by atoms with Crippen molar-refractivity contribution in [2.24, 2.45) is 0 Å². The van der Waals surface area contributed by atoms with Gasteiger partial charge in [0.05, 0.1) is 0 Å². The molecule has 1 heterocycles. The van der Waals surface area contributed by atoms with Crippen molar-refractivity contribution in [1.82, 2.24) is 5.32 Å². The minimum atomic E-state index is 0.347. The van der Waals surface area contributed by atoms with Crippen LogP contribution in [-0.4, -0.2) is 12.8 Å². The summed E-state index contributed by atoms with van der Waals surface area (Å²) >= 11 is 0. The summed E-state index contributed by atoms with van der Waals surface area (Å²) in [6, 6.07) is 6.70. The van der Waals surface area contributed by atoms with Gasteiger partial charge >= 0.3 is 0 Å². The SMILES string of the molecule is CCCC(CCC)NCc1cccc2c1OCO2. The standard InChI is InChI=1S/C15H23NO2/c1-3-6-13(7-4-2)16-10-12-8-5-9-14-15(12)18-11-17-14/h5,8-9,13,16H,3-4,6-7,10-11H2,1-2H3. The van der Waals surface area contributed by atoms with Gasteiger partial charge in [0.1, 0.15) is 0 Å². The van der Waals surface area contributed by atoms with Gasteiger partial charge in [0.2, 0.25) is 6.79 Å². The van der Waals surface area contributed by atoms with Crippen molar-refractivity contribution in [2.75, 3.05) is 6.79 Å². The molecule has 1 aliphatic heterocycles. The highest BCUT2D eigenvalue weighted by molar-refractivity contribution is 5.48. The molecule has 3 nitrogen and oxygen atoms in total. The van der Waals surface area contributed by atoms with Crippen molar-refractivity contribution < 1.29 is 9.47 Å². The van der Waals surface area contributed by atoms with E-state index in [1.807, 2.05) is 12.1 Å². The van der Waals surface area contributed by atoms with E-state index in [-0.39, 0.29) is 0 Å². The molecule has 1 aliphatic rings. The summed E-state index contributed by atoms with van der Waals surface area (Å²) < 4.78 is 10.9. The van der Waals surface area contributed by atoms with E-state index in [1.165, 1.54) is 31.2 Å². The molecule has 0 aliphatic carbocycles. The third-order valence-electron chi connectivity index (χ3n) is 3.33. The molecule has 1 aromatic carbocycles. The van der Waals surface area contributed by atoms with Crippen molar-refractivity contribution >= 4 is 0 Å². The third kappa shape index (κ3) is 3.16. The molecule has 1 N–H and O–H groups in total. The summed E-state index contributed by atoms with van der Waals surface area (Å²) in [5.41, 5.74) is 1.20. The lowest BCUT2D eigenvalue weighted by Crippen LogP contribution is -2.28. The lowest BCUT2D eigenvalue weighted by molar-refractivity contribution is 0.173. The molecular weight excluding hydrogens is 226 g/mol. The predicted octanol–water partition coefficient (Wildman–Crippen LogP) is 3.47. The van der Waals surface area contributed by atoms with Crippen LogP contribution in [0.4, 0.5) is 0 Å². The quantitative estimate of drug-likeness (QED) is 0.802. The topological polar surface area (TPSA) is 30.5 Å². The highest BCUT2D eigenvalue weighted by atomic mass is 16.7. The smallest absolute Gasteiger partial charge is 0.231 e. The molecule has 18 heavy (non-hydrogen) atoms. The predicted molar refractivity (Wildman–Crippen MR) is 73.0 cm³/mol.